The predicted molar refractivity (Wildman–Crippen MR) is 100 cm³/mol. The fraction of sp³-hybridized carbons (Fsp3) is 0.450. The zero-order chi connectivity index (χ0) is 17.3. The lowest BCUT2D eigenvalue weighted by atomic mass is 10.2. The van der Waals surface area contributed by atoms with Crippen molar-refractivity contribution in [2.75, 3.05) is 13.2 Å². The highest BCUT2D eigenvalue weighted by Crippen LogP contribution is 2.17. The van der Waals surface area contributed by atoms with E-state index in [1.807, 2.05) is 30.3 Å². The molecule has 0 saturated carbocycles. The van der Waals surface area contributed by atoms with Crippen molar-refractivity contribution < 1.29 is 14.3 Å². The van der Waals surface area contributed by atoms with Crippen LogP contribution in [0.1, 0.15) is 36.1 Å². The molecule has 5 heteroatoms. The highest BCUT2D eigenvalue weighted by Gasteiger charge is 2.15. The van der Waals surface area contributed by atoms with Crippen LogP contribution in [0.4, 0.5) is 0 Å². The van der Waals surface area contributed by atoms with E-state index in [-0.39, 0.29) is 12.0 Å². The molecule has 0 radical (unpaired) electrons. The van der Waals surface area contributed by atoms with Gasteiger partial charge in [-0.2, -0.15) is 0 Å². The molecule has 4 nitrogen and oxygen atoms in total. The molecule has 25 heavy (non-hydrogen) atoms. The maximum absolute atomic E-state index is 11.9. The normalized spacial score (nSPS) is 16.7. The summed E-state index contributed by atoms with van der Waals surface area (Å²) < 4.78 is 11.3. The van der Waals surface area contributed by atoms with Crippen LogP contribution in [0.2, 0.25) is 0 Å². The van der Waals surface area contributed by atoms with Gasteiger partial charge in [-0.15, -0.1) is 11.3 Å². The predicted octanol–water partition coefficient (Wildman–Crippen LogP) is 3.95. The van der Waals surface area contributed by atoms with E-state index in [1.54, 1.807) is 11.3 Å². The minimum absolute atomic E-state index is 0.107. The Hall–Kier alpha value is -1.85. The number of aryl methyl sites for hydroxylation is 1. The zero-order valence-corrected chi connectivity index (χ0v) is 15.2. The third-order valence-electron chi connectivity index (χ3n) is 4.28. The molecule has 2 heterocycles. The van der Waals surface area contributed by atoms with Crippen LogP contribution in [-0.4, -0.2) is 25.2 Å². The van der Waals surface area contributed by atoms with Gasteiger partial charge in [0.25, 0.3) is 0 Å². The Balaban J connectivity index is 1.32. The van der Waals surface area contributed by atoms with E-state index in [0.29, 0.717) is 19.6 Å². The molecule has 1 atom stereocenters. The van der Waals surface area contributed by atoms with E-state index >= 15 is 0 Å². The van der Waals surface area contributed by atoms with Crippen LogP contribution < -0.4 is 10.1 Å². The molecule has 1 aromatic heterocycles. The van der Waals surface area contributed by atoms with Crippen molar-refractivity contribution in [3.05, 3.63) is 52.2 Å². The molecule has 1 aromatic carbocycles. The summed E-state index contributed by atoms with van der Waals surface area (Å²) in [6, 6.07) is 12.1. The van der Waals surface area contributed by atoms with Gasteiger partial charge in [0.1, 0.15) is 12.4 Å². The van der Waals surface area contributed by atoms with Crippen molar-refractivity contribution in [2.24, 2.45) is 0 Å². The fourth-order valence-corrected chi connectivity index (χ4v) is 3.59. The Labute approximate surface area is 153 Å². The summed E-state index contributed by atoms with van der Waals surface area (Å²) in [6.45, 7) is 2.02. The van der Waals surface area contributed by atoms with Gasteiger partial charge >= 0.3 is 0 Å². The number of carbonyl (C=O) groups excluding carboxylic acids is 1. The maximum atomic E-state index is 11.9. The van der Waals surface area contributed by atoms with E-state index in [0.717, 1.165) is 43.6 Å². The molecule has 1 fully saturated rings. The number of amides is 1. The monoisotopic (exact) mass is 359 g/mol. The van der Waals surface area contributed by atoms with Gasteiger partial charge in [-0.25, -0.2) is 0 Å². The van der Waals surface area contributed by atoms with Crippen LogP contribution in [0.25, 0.3) is 0 Å². The summed E-state index contributed by atoms with van der Waals surface area (Å²) in [7, 11) is 0. The topological polar surface area (TPSA) is 47.6 Å². The largest absolute Gasteiger partial charge is 0.491 e. The second kappa shape index (κ2) is 9.59. The number of nitrogens with one attached hydrogen (secondary N) is 1. The van der Waals surface area contributed by atoms with E-state index in [2.05, 4.69) is 16.8 Å². The highest BCUT2D eigenvalue weighted by atomic mass is 32.1. The Morgan fingerprint density at radius 2 is 2.16 bits per heavy atom. The number of benzene rings is 1. The second-order valence-corrected chi connectivity index (χ2v) is 7.33. The first-order chi connectivity index (χ1) is 12.3. The third kappa shape index (κ3) is 6.18. The quantitative estimate of drug-likeness (QED) is 0.737. The van der Waals surface area contributed by atoms with Crippen LogP contribution >= 0.6 is 11.3 Å². The van der Waals surface area contributed by atoms with Gasteiger partial charge in [0.05, 0.1) is 6.10 Å². The SMILES string of the molecule is O=C(CCCc1cccs1)NCc1ccc(OCC2CCCO2)cc1. The molecule has 1 unspecified atom stereocenters. The summed E-state index contributed by atoms with van der Waals surface area (Å²) in [5.41, 5.74) is 1.08. The molecule has 0 bridgehead atoms. The third-order valence-corrected chi connectivity index (χ3v) is 5.22. The molecule has 134 valence electrons. The lowest BCUT2D eigenvalue weighted by molar-refractivity contribution is -0.121. The summed E-state index contributed by atoms with van der Waals surface area (Å²) in [5.74, 6) is 0.955. The second-order valence-electron chi connectivity index (χ2n) is 6.30. The molecule has 1 aliphatic heterocycles. The van der Waals surface area contributed by atoms with Crippen LogP contribution in [0, 0.1) is 0 Å². The van der Waals surface area contributed by atoms with Crippen molar-refractivity contribution in [1.29, 1.82) is 0 Å². The molecule has 1 N–H and O–H groups in total. The van der Waals surface area contributed by atoms with E-state index in [4.69, 9.17) is 9.47 Å². The average molecular weight is 359 g/mol. The lowest BCUT2D eigenvalue weighted by Gasteiger charge is -2.12. The van der Waals surface area contributed by atoms with Crippen molar-refractivity contribution in [3.63, 3.8) is 0 Å². The minimum atomic E-state index is 0.107. The molecule has 1 saturated heterocycles. The number of hydrogen-bond acceptors (Lipinski definition) is 4. The van der Waals surface area contributed by atoms with E-state index < -0.39 is 0 Å². The van der Waals surface area contributed by atoms with Crippen LogP contribution in [0.5, 0.6) is 5.75 Å². The Bertz CT molecular complexity index is 633. The molecule has 1 amide bonds. The molecule has 0 spiro atoms. The van der Waals surface area contributed by atoms with Gasteiger partial charge in [0, 0.05) is 24.4 Å². The van der Waals surface area contributed by atoms with Gasteiger partial charge in [0.2, 0.25) is 5.91 Å². The average Bonchev–Trinajstić information content (AvgIpc) is 3.33. The van der Waals surface area contributed by atoms with Crippen molar-refractivity contribution in [2.45, 2.75) is 44.8 Å². The first-order valence-corrected chi connectivity index (χ1v) is 9.80. The minimum Gasteiger partial charge on any atom is -0.491 e. The Kier molecular flexibility index (Phi) is 6.89. The summed E-state index contributed by atoms with van der Waals surface area (Å²) >= 11 is 1.75. The van der Waals surface area contributed by atoms with E-state index in [1.165, 1.54) is 4.88 Å². The maximum Gasteiger partial charge on any atom is 0.220 e. The molecule has 1 aliphatic rings. The standard InChI is InChI=1S/C20H25NO3S/c22-20(7-1-5-19-6-3-13-25-19)21-14-16-8-10-17(11-9-16)24-15-18-4-2-12-23-18/h3,6,8-11,13,18H,1-2,4-5,7,12,14-15H2,(H,21,22). The van der Waals surface area contributed by atoms with Crippen molar-refractivity contribution in [1.82, 2.24) is 5.32 Å². The van der Waals surface area contributed by atoms with E-state index in [9.17, 15) is 4.79 Å². The van der Waals surface area contributed by atoms with Gasteiger partial charge < -0.3 is 14.8 Å². The summed E-state index contributed by atoms with van der Waals surface area (Å²) in [6.07, 6.45) is 4.87. The smallest absolute Gasteiger partial charge is 0.220 e. The lowest BCUT2D eigenvalue weighted by Crippen LogP contribution is -2.22. The fourth-order valence-electron chi connectivity index (χ4n) is 2.84. The first kappa shape index (κ1) is 18.0. The van der Waals surface area contributed by atoms with Gasteiger partial charge in [-0.1, -0.05) is 18.2 Å². The molecule has 0 aliphatic carbocycles. The van der Waals surface area contributed by atoms with Crippen LogP contribution in [0.15, 0.2) is 41.8 Å². The van der Waals surface area contributed by atoms with Gasteiger partial charge in [0.15, 0.2) is 0 Å². The van der Waals surface area contributed by atoms with Crippen LogP contribution in [0.3, 0.4) is 0 Å². The molecular formula is C20H25NO3S. The molecular weight excluding hydrogens is 334 g/mol. The highest BCUT2D eigenvalue weighted by molar-refractivity contribution is 7.09. The van der Waals surface area contributed by atoms with Gasteiger partial charge in [-0.3, -0.25) is 4.79 Å². The first-order valence-electron chi connectivity index (χ1n) is 8.92. The van der Waals surface area contributed by atoms with Gasteiger partial charge in [-0.05, 0) is 54.8 Å². The zero-order valence-electron chi connectivity index (χ0n) is 14.4. The Morgan fingerprint density at radius 1 is 1.28 bits per heavy atom. The number of carbonyl (C=O) groups is 1. The van der Waals surface area contributed by atoms with Crippen LogP contribution in [-0.2, 0) is 22.5 Å². The van der Waals surface area contributed by atoms with Crippen molar-refractivity contribution in [3.8, 4) is 5.75 Å². The summed E-state index contributed by atoms with van der Waals surface area (Å²) in [5, 5.41) is 5.05. The number of ether oxygens (including phenoxy) is 2. The Morgan fingerprint density at radius 3 is 2.88 bits per heavy atom. The number of hydrogen-bond donors (Lipinski definition) is 1. The summed E-state index contributed by atoms with van der Waals surface area (Å²) in [4.78, 5) is 13.3. The molecule has 3 rings (SSSR count). The number of thiophene rings is 1. The molecule has 2 aromatic rings. The van der Waals surface area contributed by atoms with Crippen molar-refractivity contribution >= 4 is 17.2 Å². The number of rotatable bonds is 9.